The number of pyridine rings is 1. The molecule has 1 amide bonds. The van der Waals surface area contributed by atoms with E-state index in [-0.39, 0.29) is 5.91 Å². The summed E-state index contributed by atoms with van der Waals surface area (Å²) in [7, 11) is 0. The standard InChI is InChI=1S/C13H19N3O/c1-2-7-16(12-9-14-10-12)13(17)8-11-5-3-4-6-15-11/h3-6,12,14H,2,7-10H2,1H3. The molecule has 1 fully saturated rings. The molecule has 0 bridgehead atoms. The second-order valence-electron chi connectivity index (χ2n) is 4.40. The predicted molar refractivity (Wildman–Crippen MR) is 66.6 cm³/mol. The van der Waals surface area contributed by atoms with Crippen molar-refractivity contribution in [1.82, 2.24) is 15.2 Å². The molecule has 92 valence electrons. The van der Waals surface area contributed by atoms with Crippen LogP contribution in [0, 0.1) is 0 Å². The van der Waals surface area contributed by atoms with Crippen LogP contribution in [0.5, 0.6) is 0 Å². The average Bonchev–Trinajstić information content (AvgIpc) is 2.27. The van der Waals surface area contributed by atoms with E-state index in [1.807, 2.05) is 23.1 Å². The summed E-state index contributed by atoms with van der Waals surface area (Å²) in [6.07, 6.45) is 3.15. The highest BCUT2D eigenvalue weighted by Gasteiger charge is 2.27. The number of amides is 1. The fourth-order valence-corrected chi connectivity index (χ4v) is 2.00. The smallest absolute Gasteiger partial charge is 0.228 e. The molecule has 0 atom stereocenters. The Kier molecular flexibility index (Phi) is 4.09. The molecule has 2 rings (SSSR count). The molecule has 0 unspecified atom stereocenters. The van der Waals surface area contributed by atoms with Crippen LogP contribution in [0.25, 0.3) is 0 Å². The van der Waals surface area contributed by atoms with E-state index in [9.17, 15) is 4.79 Å². The van der Waals surface area contributed by atoms with E-state index in [0.29, 0.717) is 12.5 Å². The number of nitrogens with zero attached hydrogens (tertiary/aromatic N) is 2. The van der Waals surface area contributed by atoms with Crippen molar-refractivity contribution < 1.29 is 4.79 Å². The molecule has 17 heavy (non-hydrogen) atoms. The molecule has 1 aliphatic heterocycles. The molecule has 0 spiro atoms. The van der Waals surface area contributed by atoms with Gasteiger partial charge >= 0.3 is 0 Å². The van der Waals surface area contributed by atoms with Crippen LogP contribution in [-0.2, 0) is 11.2 Å². The van der Waals surface area contributed by atoms with Crippen LogP contribution in [0.2, 0.25) is 0 Å². The quantitative estimate of drug-likeness (QED) is 0.819. The van der Waals surface area contributed by atoms with Crippen molar-refractivity contribution in [2.45, 2.75) is 25.8 Å². The van der Waals surface area contributed by atoms with Gasteiger partial charge in [0, 0.05) is 31.5 Å². The van der Waals surface area contributed by atoms with Crippen molar-refractivity contribution >= 4 is 5.91 Å². The largest absolute Gasteiger partial charge is 0.337 e. The normalized spacial score (nSPS) is 15.4. The number of aromatic nitrogens is 1. The van der Waals surface area contributed by atoms with Gasteiger partial charge in [-0.2, -0.15) is 0 Å². The van der Waals surface area contributed by atoms with Gasteiger partial charge in [-0.05, 0) is 18.6 Å². The van der Waals surface area contributed by atoms with Gasteiger partial charge in [0.05, 0.1) is 12.5 Å². The van der Waals surface area contributed by atoms with Gasteiger partial charge < -0.3 is 10.2 Å². The number of carbonyl (C=O) groups is 1. The van der Waals surface area contributed by atoms with Crippen molar-refractivity contribution in [3.63, 3.8) is 0 Å². The Labute approximate surface area is 102 Å². The van der Waals surface area contributed by atoms with Crippen molar-refractivity contribution in [3.05, 3.63) is 30.1 Å². The van der Waals surface area contributed by atoms with Crippen LogP contribution in [0.4, 0.5) is 0 Å². The SMILES string of the molecule is CCCN(C(=O)Cc1ccccn1)C1CNC1. The maximum absolute atomic E-state index is 12.2. The fraction of sp³-hybridized carbons (Fsp3) is 0.538. The first kappa shape index (κ1) is 12.0. The molecule has 1 saturated heterocycles. The molecule has 0 aliphatic carbocycles. The van der Waals surface area contributed by atoms with Gasteiger partial charge in [-0.15, -0.1) is 0 Å². The van der Waals surface area contributed by atoms with E-state index in [4.69, 9.17) is 0 Å². The molecule has 4 nitrogen and oxygen atoms in total. The van der Waals surface area contributed by atoms with E-state index >= 15 is 0 Å². The lowest BCUT2D eigenvalue weighted by atomic mass is 10.1. The molecule has 0 saturated carbocycles. The van der Waals surface area contributed by atoms with Crippen LogP contribution in [0.3, 0.4) is 0 Å². The summed E-state index contributed by atoms with van der Waals surface area (Å²) in [5, 5.41) is 3.21. The molecule has 4 heteroatoms. The number of hydrogen-bond donors (Lipinski definition) is 1. The number of nitrogens with one attached hydrogen (secondary N) is 1. The maximum atomic E-state index is 12.2. The van der Waals surface area contributed by atoms with E-state index in [1.165, 1.54) is 0 Å². The second-order valence-corrected chi connectivity index (χ2v) is 4.40. The van der Waals surface area contributed by atoms with Gasteiger partial charge in [-0.25, -0.2) is 0 Å². The summed E-state index contributed by atoms with van der Waals surface area (Å²) >= 11 is 0. The maximum Gasteiger partial charge on any atom is 0.228 e. The number of rotatable bonds is 5. The van der Waals surface area contributed by atoms with E-state index < -0.39 is 0 Å². The molecule has 2 heterocycles. The van der Waals surface area contributed by atoms with Crippen molar-refractivity contribution in [3.8, 4) is 0 Å². The minimum absolute atomic E-state index is 0.192. The van der Waals surface area contributed by atoms with Crippen molar-refractivity contribution in [2.75, 3.05) is 19.6 Å². The molecule has 1 aliphatic rings. The zero-order valence-corrected chi connectivity index (χ0v) is 10.2. The number of hydrogen-bond acceptors (Lipinski definition) is 3. The Morgan fingerprint density at radius 3 is 2.88 bits per heavy atom. The van der Waals surface area contributed by atoms with Crippen molar-refractivity contribution in [1.29, 1.82) is 0 Å². The highest BCUT2D eigenvalue weighted by Crippen LogP contribution is 2.09. The number of carbonyl (C=O) groups excluding carboxylic acids is 1. The van der Waals surface area contributed by atoms with E-state index in [2.05, 4.69) is 17.2 Å². The molecule has 0 aromatic carbocycles. The monoisotopic (exact) mass is 233 g/mol. The first-order valence-electron chi connectivity index (χ1n) is 6.21. The van der Waals surface area contributed by atoms with Crippen molar-refractivity contribution in [2.24, 2.45) is 0 Å². The van der Waals surface area contributed by atoms with Gasteiger partial charge in [0.1, 0.15) is 0 Å². The highest BCUT2D eigenvalue weighted by molar-refractivity contribution is 5.78. The van der Waals surface area contributed by atoms with Gasteiger partial charge in [0.2, 0.25) is 5.91 Å². The van der Waals surface area contributed by atoms with Crippen LogP contribution >= 0.6 is 0 Å². The summed E-state index contributed by atoms with van der Waals surface area (Å²) in [6, 6.07) is 6.07. The second kappa shape index (κ2) is 5.77. The summed E-state index contributed by atoms with van der Waals surface area (Å²) in [5.41, 5.74) is 0.853. The summed E-state index contributed by atoms with van der Waals surface area (Å²) in [4.78, 5) is 18.4. The lowest BCUT2D eigenvalue weighted by molar-refractivity contribution is -0.133. The minimum Gasteiger partial charge on any atom is -0.337 e. The summed E-state index contributed by atoms with van der Waals surface area (Å²) in [5.74, 6) is 0.192. The Bertz CT molecular complexity index is 362. The molecule has 1 N–H and O–H groups in total. The Morgan fingerprint density at radius 1 is 1.53 bits per heavy atom. The highest BCUT2D eigenvalue weighted by atomic mass is 16.2. The van der Waals surface area contributed by atoms with Crippen LogP contribution in [0.1, 0.15) is 19.0 Å². The Morgan fingerprint density at radius 2 is 2.35 bits per heavy atom. The van der Waals surface area contributed by atoms with Gasteiger partial charge in [0.15, 0.2) is 0 Å². The van der Waals surface area contributed by atoms with E-state index in [0.717, 1.165) is 31.7 Å². The molecule has 0 radical (unpaired) electrons. The van der Waals surface area contributed by atoms with Crippen LogP contribution in [0.15, 0.2) is 24.4 Å². The first-order valence-corrected chi connectivity index (χ1v) is 6.21. The predicted octanol–water partition coefficient (Wildman–Crippen LogP) is 0.834. The zero-order valence-electron chi connectivity index (χ0n) is 10.2. The molecular formula is C13H19N3O. The molecule has 1 aromatic rings. The first-order chi connectivity index (χ1) is 8.31. The average molecular weight is 233 g/mol. The summed E-state index contributed by atoms with van der Waals surface area (Å²) < 4.78 is 0. The Balaban J connectivity index is 1.96. The Hall–Kier alpha value is -1.42. The van der Waals surface area contributed by atoms with Crippen LogP contribution < -0.4 is 5.32 Å². The third kappa shape index (κ3) is 3.03. The third-order valence-electron chi connectivity index (χ3n) is 3.04. The summed E-state index contributed by atoms with van der Waals surface area (Å²) in [6.45, 7) is 4.80. The lowest BCUT2D eigenvalue weighted by Gasteiger charge is -2.38. The molecular weight excluding hydrogens is 214 g/mol. The molecule has 1 aromatic heterocycles. The zero-order chi connectivity index (χ0) is 12.1. The third-order valence-corrected chi connectivity index (χ3v) is 3.04. The van der Waals surface area contributed by atoms with Gasteiger partial charge in [-0.3, -0.25) is 9.78 Å². The van der Waals surface area contributed by atoms with Crippen LogP contribution in [-0.4, -0.2) is 41.5 Å². The van der Waals surface area contributed by atoms with E-state index in [1.54, 1.807) is 6.20 Å². The lowest BCUT2D eigenvalue weighted by Crippen LogP contribution is -2.59. The van der Waals surface area contributed by atoms with Gasteiger partial charge in [0.25, 0.3) is 0 Å². The topological polar surface area (TPSA) is 45.2 Å². The van der Waals surface area contributed by atoms with Gasteiger partial charge in [-0.1, -0.05) is 13.0 Å². The fourth-order valence-electron chi connectivity index (χ4n) is 2.00. The minimum atomic E-state index is 0.192.